The molecular weight excluding hydrogens is 534 g/mol. The average Bonchev–Trinajstić information content (AvgIpc) is 3.07. The Bertz CT molecular complexity index is 2450. The third-order valence-electron chi connectivity index (χ3n) is 10.7. The quantitative estimate of drug-likeness (QED) is 0.175. The minimum atomic E-state index is 0.130. The molecule has 8 aromatic carbocycles. The number of para-hydroxylation sites is 2. The van der Waals surface area contributed by atoms with Crippen LogP contribution in [-0.4, -0.2) is 13.4 Å². The van der Waals surface area contributed by atoms with Gasteiger partial charge in [-0.1, -0.05) is 108 Å². The van der Waals surface area contributed by atoms with E-state index in [1.54, 1.807) is 0 Å². The molecule has 0 aromatic heterocycles. The summed E-state index contributed by atoms with van der Waals surface area (Å²) >= 11 is 0. The van der Waals surface area contributed by atoms with E-state index in [9.17, 15) is 0 Å². The third kappa shape index (κ3) is 2.40. The topological polar surface area (TPSA) is 18.5 Å². The fourth-order valence-corrected chi connectivity index (χ4v) is 9.15. The van der Waals surface area contributed by atoms with E-state index in [0.717, 1.165) is 23.0 Å². The number of hydrogen-bond acceptors (Lipinski definition) is 2. The van der Waals surface area contributed by atoms with E-state index in [-0.39, 0.29) is 13.4 Å². The summed E-state index contributed by atoms with van der Waals surface area (Å²) in [6.07, 6.45) is 0. The molecule has 0 fully saturated rings. The summed E-state index contributed by atoms with van der Waals surface area (Å²) in [6, 6.07) is 44.7. The van der Waals surface area contributed by atoms with Crippen molar-refractivity contribution >= 4 is 78.5 Å². The van der Waals surface area contributed by atoms with E-state index in [1.165, 1.54) is 87.3 Å². The summed E-state index contributed by atoms with van der Waals surface area (Å²) in [5.41, 5.74) is 13.0. The smallest absolute Gasteiger partial charge is 0.252 e. The molecule has 44 heavy (non-hydrogen) atoms. The van der Waals surface area contributed by atoms with Crippen molar-refractivity contribution in [3.63, 3.8) is 0 Å². The van der Waals surface area contributed by atoms with Crippen LogP contribution in [0.15, 0.2) is 121 Å². The van der Waals surface area contributed by atoms with Crippen molar-refractivity contribution in [2.24, 2.45) is 0 Å². The van der Waals surface area contributed by atoms with Crippen molar-refractivity contribution in [1.82, 2.24) is 0 Å². The predicted molar refractivity (Wildman–Crippen MR) is 183 cm³/mol. The summed E-state index contributed by atoms with van der Waals surface area (Å²) in [7, 11) is 0. The normalized spacial score (nSPS) is 14.2. The van der Waals surface area contributed by atoms with Crippen LogP contribution in [0.25, 0.3) is 54.6 Å². The Balaban J connectivity index is 1.28. The lowest BCUT2D eigenvalue weighted by Crippen LogP contribution is -2.58. The maximum atomic E-state index is 6.51. The Morgan fingerprint density at radius 1 is 0.341 bits per heavy atom. The lowest BCUT2D eigenvalue weighted by Gasteiger charge is -2.36. The van der Waals surface area contributed by atoms with Gasteiger partial charge in [0.05, 0.1) is 0 Å². The van der Waals surface area contributed by atoms with Crippen molar-refractivity contribution in [3.05, 3.63) is 121 Å². The number of rotatable bonds is 0. The highest BCUT2D eigenvalue weighted by Gasteiger charge is 2.42. The molecule has 4 heterocycles. The van der Waals surface area contributed by atoms with Crippen LogP contribution in [0.3, 0.4) is 0 Å². The zero-order chi connectivity index (χ0) is 28.3. The first-order chi connectivity index (χ1) is 21.8. The Kier molecular flexibility index (Phi) is 3.70. The lowest BCUT2D eigenvalue weighted by molar-refractivity contribution is 0.487. The first-order valence-electron chi connectivity index (χ1n) is 15.4. The van der Waals surface area contributed by atoms with Gasteiger partial charge in [-0.05, 0) is 101 Å². The SMILES string of the molecule is c1ccc2c(c1)Oc1cccc3c1B2c1cc2ccc4c5c(cc6ccc-3c1c6c25)B1c2ccccc2Oc2cccc-4c21. The Morgan fingerprint density at radius 3 is 1.30 bits per heavy atom. The van der Waals surface area contributed by atoms with Crippen LogP contribution < -0.4 is 42.3 Å². The van der Waals surface area contributed by atoms with Crippen LogP contribution in [0.5, 0.6) is 23.0 Å². The number of ether oxygens (including phenoxy) is 2. The largest absolute Gasteiger partial charge is 0.458 e. The van der Waals surface area contributed by atoms with E-state index in [4.69, 9.17) is 9.47 Å². The number of benzene rings is 8. The molecule has 0 amide bonds. The molecule has 8 aromatic rings. The van der Waals surface area contributed by atoms with Crippen LogP contribution in [-0.2, 0) is 0 Å². The first-order valence-corrected chi connectivity index (χ1v) is 15.4. The summed E-state index contributed by atoms with van der Waals surface area (Å²) in [6.45, 7) is 0.260. The molecule has 4 aliphatic rings. The van der Waals surface area contributed by atoms with Crippen molar-refractivity contribution in [2.45, 2.75) is 0 Å². The maximum Gasteiger partial charge on any atom is 0.252 e. The van der Waals surface area contributed by atoms with Crippen LogP contribution >= 0.6 is 0 Å². The molecule has 0 radical (unpaired) electrons. The summed E-state index contributed by atoms with van der Waals surface area (Å²) in [5, 5.41) is 8.15. The monoisotopic (exact) mass is 554 g/mol. The van der Waals surface area contributed by atoms with Gasteiger partial charge < -0.3 is 9.47 Å². The van der Waals surface area contributed by atoms with Gasteiger partial charge in [-0.15, -0.1) is 0 Å². The molecule has 0 spiro atoms. The highest BCUT2D eigenvalue weighted by atomic mass is 16.5. The summed E-state index contributed by atoms with van der Waals surface area (Å²) in [5.74, 6) is 3.86. The van der Waals surface area contributed by atoms with Crippen molar-refractivity contribution < 1.29 is 9.47 Å². The second-order valence-corrected chi connectivity index (χ2v) is 12.7. The molecule has 0 N–H and O–H groups in total. The van der Waals surface area contributed by atoms with Crippen LogP contribution in [0.1, 0.15) is 0 Å². The molecule has 2 nitrogen and oxygen atoms in total. The molecule has 0 saturated heterocycles. The zero-order valence-corrected chi connectivity index (χ0v) is 23.5. The zero-order valence-electron chi connectivity index (χ0n) is 23.5. The lowest BCUT2D eigenvalue weighted by atomic mass is 9.32. The minimum Gasteiger partial charge on any atom is -0.458 e. The number of fused-ring (bicyclic) bond motifs is 8. The highest BCUT2D eigenvalue weighted by Crippen LogP contribution is 2.45. The van der Waals surface area contributed by atoms with Crippen LogP contribution in [0.2, 0.25) is 0 Å². The second-order valence-electron chi connectivity index (χ2n) is 12.7. The van der Waals surface area contributed by atoms with Crippen LogP contribution in [0.4, 0.5) is 0 Å². The standard InChI is InChI=1S/C40H20B2O2/c1-3-11-31-27(9-1)41-29-19-21-15-18-24-26-8-6-14-34-40(26)42(28-10-2-4-12-32(28)44-34)30-20-22-16-17-23(37(29)35(22)36(21)38(24)30)25-7-5-13-33(43-31)39(25)41/h1-20H. The molecular formula is C40H20B2O2. The van der Waals surface area contributed by atoms with Gasteiger partial charge in [-0.2, -0.15) is 0 Å². The van der Waals surface area contributed by atoms with Gasteiger partial charge in [0.1, 0.15) is 23.0 Å². The Labute approximate surface area is 254 Å². The Hall–Kier alpha value is -5.47. The highest BCUT2D eigenvalue weighted by molar-refractivity contribution is 7.01. The van der Waals surface area contributed by atoms with E-state index in [1.807, 2.05) is 0 Å². The van der Waals surface area contributed by atoms with E-state index in [0.29, 0.717) is 0 Å². The molecule has 198 valence electrons. The van der Waals surface area contributed by atoms with Crippen LogP contribution in [0, 0.1) is 0 Å². The molecule has 0 aliphatic carbocycles. The van der Waals surface area contributed by atoms with Crippen molar-refractivity contribution in [3.8, 4) is 45.3 Å². The van der Waals surface area contributed by atoms with Gasteiger partial charge in [0, 0.05) is 0 Å². The average molecular weight is 554 g/mol. The van der Waals surface area contributed by atoms with Gasteiger partial charge in [0.25, 0.3) is 13.4 Å². The second kappa shape index (κ2) is 7.35. The maximum absolute atomic E-state index is 6.51. The van der Waals surface area contributed by atoms with E-state index < -0.39 is 0 Å². The molecule has 0 atom stereocenters. The predicted octanol–water partition coefficient (Wildman–Crippen LogP) is 5.79. The van der Waals surface area contributed by atoms with E-state index >= 15 is 0 Å². The van der Waals surface area contributed by atoms with Crippen molar-refractivity contribution in [1.29, 1.82) is 0 Å². The van der Waals surface area contributed by atoms with Gasteiger partial charge >= 0.3 is 0 Å². The fraction of sp³-hybridized carbons (Fsp3) is 0. The molecule has 0 bridgehead atoms. The molecule has 12 rings (SSSR count). The molecule has 0 unspecified atom stereocenters. The fourth-order valence-electron chi connectivity index (χ4n) is 9.15. The van der Waals surface area contributed by atoms with Gasteiger partial charge in [0.15, 0.2) is 0 Å². The molecule has 0 saturated carbocycles. The minimum absolute atomic E-state index is 0.130. The Morgan fingerprint density at radius 2 is 0.795 bits per heavy atom. The summed E-state index contributed by atoms with van der Waals surface area (Å²) < 4.78 is 13.0. The molecule has 4 heteroatoms. The third-order valence-corrected chi connectivity index (χ3v) is 10.7. The first kappa shape index (κ1) is 22.1. The van der Waals surface area contributed by atoms with Crippen molar-refractivity contribution in [2.75, 3.05) is 0 Å². The van der Waals surface area contributed by atoms with Gasteiger partial charge in [0.2, 0.25) is 0 Å². The number of hydrogen-bond donors (Lipinski definition) is 0. The van der Waals surface area contributed by atoms with Gasteiger partial charge in [-0.3, -0.25) is 0 Å². The van der Waals surface area contributed by atoms with E-state index in [2.05, 4.69) is 121 Å². The summed E-state index contributed by atoms with van der Waals surface area (Å²) in [4.78, 5) is 0. The molecule has 4 aliphatic heterocycles. The van der Waals surface area contributed by atoms with Gasteiger partial charge in [-0.25, -0.2) is 0 Å².